The van der Waals surface area contributed by atoms with E-state index in [0.717, 1.165) is 22.3 Å². The maximum atomic E-state index is 11.9. The van der Waals surface area contributed by atoms with Crippen LogP contribution in [0.1, 0.15) is 77.6 Å². The first-order valence-electron chi connectivity index (χ1n) is 11.8. The Kier molecular flexibility index (Phi) is 6.89. The highest BCUT2D eigenvalue weighted by atomic mass is 16.6. The monoisotopic (exact) mass is 473 g/mol. The highest BCUT2D eigenvalue weighted by molar-refractivity contribution is 5.63. The maximum absolute atomic E-state index is 11.9. The van der Waals surface area contributed by atoms with Crippen LogP contribution in [0, 0.1) is 10.1 Å². The van der Waals surface area contributed by atoms with Gasteiger partial charge >= 0.3 is 0 Å². The molecule has 0 saturated heterocycles. The molecule has 1 N–H and O–H groups in total. The largest absolute Gasteiger partial charge is 0.505 e. The fourth-order valence-corrected chi connectivity index (χ4v) is 3.97. The Hall–Kier alpha value is -3.54. The molecular weight excluding hydrogens is 438 g/mol. The number of benzene rings is 3. The van der Waals surface area contributed by atoms with E-state index < -0.39 is 10.3 Å². The van der Waals surface area contributed by atoms with Crippen LogP contribution in [0.25, 0.3) is 0 Å². The number of nitrogens with zero attached hydrogens (tertiary/aromatic N) is 3. The van der Waals surface area contributed by atoms with Crippen LogP contribution in [0.15, 0.2) is 70.9 Å². The molecule has 0 radical (unpaired) electrons. The van der Waals surface area contributed by atoms with Crippen LogP contribution in [0.4, 0.5) is 17.1 Å². The number of phenolic OH excluding ortho intramolecular Hbond substituents is 1. The average molecular weight is 474 g/mol. The Balaban J connectivity index is 2.10. The summed E-state index contributed by atoms with van der Waals surface area (Å²) in [4.78, 5) is 11.5. The van der Waals surface area contributed by atoms with Crippen molar-refractivity contribution in [2.75, 3.05) is 0 Å². The van der Waals surface area contributed by atoms with Crippen molar-refractivity contribution >= 4 is 17.1 Å². The van der Waals surface area contributed by atoms with Crippen molar-refractivity contribution in [3.05, 3.63) is 93.0 Å². The average Bonchev–Trinajstić information content (AvgIpc) is 2.77. The van der Waals surface area contributed by atoms with Gasteiger partial charge in [0.1, 0.15) is 11.4 Å². The minimum atomic E-state index is -0.440. The van der Waals surface area contributed by atoms with Crippen molar-refractivity contribution in [3.63, 3.8) is 0 Å². The van der Waals surface area contributed by atoms with Crippen LogP contribution in [0.5, 0.6) is 5.75 Å². The van der Waals surface area contributed by atoms with Gasteiger partial charge < -0.3 is 5.11 Å². The standard InChI is InChI=1S/C29H35N3O3/c1-27(2,3)21-16-22(28(4,5)6)26(33)24(17-21)31-30-23-15-14-20(18-25(23)32(34)35)29(7,8)19-12-10-9-11-13-19/h9-18,33H,1-8H3. The third-order valence-corrected chi connectivity index (χ3v) is 6.42. The van der Waals surface area contributed by atoms with Crippen molar-refractivity contribution < 1.29 is 10.0 Å². The lowest BCUT2D eigenvalue weighted by atomic mass is 9.78. The second-order valence-electron chi connectivity index (χ2n) is 11.5. The quantitative estimate of drug-likeness (QED) is 0.228. The molecule has 0 heterocycles. The molecule has 0 fully saturated rings. The van der Waals surface area contributed by atoms with Gasteiger partial charge in [-0.05, 0) is 39.7 Å². The van der Waals surface area contributed by atoms with E-state index in [2.05, 4.69) is 31.0 Å². The molecule has 184 valence electrons. The molecule has 0 aliphatic carbocycles. The summed E-state index contributed by atoms with van der Waals surface area (Å²) in [5, 5.41) is 31.4. The number of hydrogen-bond donors (Lipinski definition) is 1. The number of nitro groups is 1. The molecule has 0 aromatic heterocycles. The van der Waals surface area contributed by atoms with E-state index in [9.17, 15) is 15.2 Å². The molecule has 3 aromatic rings. The molecule has 35 heavy (non-hydrogen) atoms. The van der Waals surface area contributed by atoms with Crippen LogP contribution >= 0.6 is 0 Å². The topological polar surface area (TPSA) is 88.1 Å². The normalized spacial score (nSPS) is 12.8. The van der Waals surface area contributed by atoms with E-state index in [0.29, 0.717) is 5.69 Å². The molecule has 6 heteroatoms. The van der Waals surface area contributed by atoms with Gasteiger partial charge in [-0.3, -0.25) is 10.1 Å². The Morgan fingerprint density at radius 1 is 0.714 bits per heavy atom. The van der Waals surface area contributed by atoms with E-state index in [4.69, 9.17) is 0 Å². The minimum absolute atomic E-state index is 0.0405. The number of phenols is 1. The van der Waals surface area contributed by atoms with Gasteiger partial charge in [-0.25, -0.2) is 0 Å². The number of nitro benzene ring substituents is 1. The molecule has 0 amide bonds. The molecular formula is C29H35N3O3. The molecule has 0 aliphatic rings. The number of hydrogen-bond acceptors (Lipinski definition) is 5. The number of azo groups is 1. The first-order chi connectivity index (χ1) is 16.1. The first-order valence-corrected chi connectivity index (χ1v) is 11.8. The minimum Gasteiger partial charge on any atom is -0.505 e. The molecule has 0 atom stereocenters. The molecule has 3 aromatic carbocycles. The van der Waals surface area contributed by atoms with E-state index in [-0.39, 0.29) is 28.0 Å². The smallest absolute Gasteiger partial charge is 0.297 e. The van der Waals surface area contributed by atoms with Crippen molar-refractivity contribution in [3.8, 4) is 5.75 Å². The van der Waals surface area contributed by atoms with Gasteiger partial charge in [0, 0.05) is 17.0 Å². The van der Waals surface area contributed by atoms with E-state index in [1.165, 1.54) is 0 Å². The summed E-state index contributed by atoms with van der Waals surface area (Å²) < 4.78 is 0. The van der Waals surface area contributed by atoms with Crippen LogP contribution in [-0.2, 0) is 16.2 Å². The molecule has 0 unspecified atom stereocenters. The Morgan fingerprint density at radius 3 is 1.86 bits per heavy atom. The fraction of sp³-hybridized carbons (Fsp3) is 0.379. The summed E-state index contributed by atoms with van der Waals surface area (Å²) >= 11 is 0. The van der Waals surface area contributed by atoms with Gasteiger partial charge in [0.25, 0.3) is 5.69 Å². The first kappa shape index (κ1) is 26.1. The second-order valence-corrected chi connectivity index (χ2v) is 11.5. The van der Waals surface area contributed by atoms with E-state index in [1.807, 2.05) is 77.1 Å². The zero-order chi connectivity index (χ0) is 26.2. The van der Waals surface area contributed by atoms with E-state index >= 15 is 0 Å². The van der Waals surface area contributed by atoms with Crippen molar-refractivity contribution in [2.24, 2.45) is 10.2 Å². The zero-order valence-corrected chi connectivity index (χ0v) is 21.9. The molecule has 6 nitrogen and oxygen atoms in total. The fourth-order valence-electron chi connectivity index (χ4n) is 3.97. The van der Waals surface area contributed by atoms with Gasteiger partial charge in [-0.1, -0.05) is 97.9 Å². The van der Waals surface area contributed by atoms with E-state index in [1.54, 1.807) is 18.2 Å². The SMILES string of the molecule is CC(C)(C)c1cc(N=Nc2ccc(C(C)(C)c3ccccc3)cc2[N+](=O)[O-])c(O)c(C(C)(C)C)c1. The molecule has 3 rings (SSSR count). The maximum Gasteiger partial charge on any atom is 0.297 e. The highest BCUT2D eigenvalue weighted by Gasteiger charge is 2.27. The summed E-state index contributed by atoms with van der Waals surface area (Å²) in [6.07, 6.45) is 0. The van der Waals surface area contributed by atoms with Crippen molar-refractivity contribution in [2.45, 2.75) is 71.6 Å². The molecule has 0 saturated carbocycles. The zero-order valence-electron chi connectivity index (χ0n) is 21.9. The summed E-state index contributed by atoms with van der Waals surface area (Å²) in [6.45, 7) is 16.4. The lowest BCUT2D eigenvalue weighted by Gasteiger charge is -2.26. The second kappa shape index (κ2) is 9.25. The van der Waals surface area contributed by atoms with Gasteiger partial charge in [-0.2, -0.15) is 0 Å². The Labute approximate surface area is 207 Å². The van der Waals surface area contributed by atoms with Crippen molar-refractivity contribution in [1.29, 1.82) is 0 Å². The predicted molar refractivity (Wildman–Crippen MR) is 141 cm³/mol. The van der Waals surface area contributed by atoms with Crippen LogP contribution in [0.3, 0.4) is 0 Å². The summed E-state index contributed by atoms with van der Waals surface area (Å²) in [7, 11) is 0. The highest BCUT2D eigenvalue weighted by Crippen LogP contribution is 2.43. The van der Waals surface area contributed by atoms with Crippen LogP contribution < -0.4 is 0 Å². The Morgan fingerprint density at radius 2 is 1.31 bits per heavy atom. The third kappa shape index (κ3) is 5.59. The summed E-state index contributed by atoms with van der Waals surface area (Å²) in [6, 6.07) is 18.7. The van der Waals surface area contributed by atoms with Gasteiger partial charge in [0.05, 0.1) is 4.92 Å². The summed E-state index contributed by atoms with van der Waals surface area (Å²) in [5.41, 5.74) is 3.02. The molecule has 0 spiro atoms. The number of rotatable bonds is 5. The van der Waals surface area contributed by atoms with Gasteiger partial charge in [0.15, 0.2) is 5.69 Å². The van der Waals surface area contributed by atoms with Gasteiger partial charge in [-0.15, -0.1) is 10.2 Å². The predicted octanol–water partition coefficient (Wildman–Crippen LogP) is 8.64. The lowest BCUT2D eigenvalue weighted by Crippen LogP contribution is -2.18. The van der Waals surface area contributed by atoms with Crippen molar-refractivity contribution in [1.82, 2.24) is 0 Å². The summed E-state index contributed by atoms with van der Waals surface area (Å²) in [5.74, 6) is 0.0405. The van der Waals surface area contributed by atoms with Crippen LogP contribution in [0.2, 0.25) is 0 Å². The molecule has 0 aliphatic heterocycles. The number of aromatic hydroxyl groups is 1. The van der Waals surface area contributed by atoms with Crippen LogP contribution in [-0.4, -0.2) is 10.0 Å². The lowest BCUT2D eigenvalue weighted by molar-refractivity contribution is -0.384. The third-order valence-electron chi connectivity index (χ3n) is 6.42. The van der Waals surface area contributed by atoms with Gasteiger partial charge in [0.2, 0.25) is 0 Å². The Bertz CT molecular complexity index is 1260. The molecule has 0 bridgehead atoms.